The van der Waals surface area contributed by atoms with Crippen molar-refractivity contribution in [1.29, 1.82) is 0 Å². The van der Waals surface area contributed by atoms with Gasteiger partial charge < -0.3 is 40.3 Å². The maximum atomic E-state index is 12.9. The zero-order chi connectivity index (χ0) is 40.2. The lowest BCUT2D eigenvalue weighted by molar-refractivity contribution is -0.302. The molecule has 55 heavy (non-hydrogen) atoms. The van der Waals surface area contributed by atoms with Crippen LogP contribution in [0.5, 0.6) is 0 Å². The highest BCUT2D eigenvalue weighted by atomic mass is 16.7. The van der Waals surface area contributed by atoms with Crippen molar-refractivity contribution in [2.45, 2.75) is 262 Å². The fourth-order valence-corrected chi connectivity index (χ4v) is 7.57. The lowest BCUT2D eigenvalue weighted by Crippen LogP contribution is -2.60. The lowest BCUT2D eigenvalue weighted by Gasteiger charge is -2.40. The molecule has 1 saturated heterocycles. The molecule has 0 aromatic rings. The second-order valence-corrected chi connectivity index (χ2v) is 16.6. The van der Waals surface area contributed by atoms with Gasteiger partial charge in [0.25, 0.3) is 0 Å². The molecule has 1 fully saturated rings. The van der Waals surface area contributed by atoms with E-state index in [1.165, 1.54) is 161 Å². The standard InChI is InChI=1S/C46H89NO8/c1-3-5-7-9-11-13-15-17-18-19-20-21-22-24-26-28-30-32-34-36-42(50)47-39(38-54-46-45(53)44(52)43(51)41(37-48)55-46)40(49)35-33-31-29-27-25-23-16-14-12-10-8-6-4-2/h33,35,39-41,43-46,48-49,51-53H,3-32,34,36-38H2,1-2H3,(H,47,50)/b35-33+/t39-,40+,41+,43-,44-,45+,46?/m0/s1. The number of carbonyl (C=O) groups excluding carboxylic acids is 1. The molecule has 1 unspecified atom stereocenters. The van der Waals surface area contributed by atoms with Crippen LogP contribution < -0.4 is 5.32 Å². The summed E-state index contributed by atoms with van der Waals surface area (Å²) < 4.78 is 11.2. The van der Waals surface area contributed by atoms with Crippen molar-refractivity contribution in [3.8, 4) is 0 Å². The molecule has 1 aliphatic heterocycles. The Labute approximate surface area is 337 Å². The zero-order valence-corrected chi connectivity index (χ0v) is 35.7. The van der Waals surface area contributed by atoms with E-state index in [4.69, 9.17) is 9.47 Å². The number of ether oxygens (including phenoxy) is 2. The quantitative estimate of drug-likeness (QED) is 0.0267. The number of allylic oxidation sites excluding steroid dienone is 1. The van der Waals surface area contributed by atoms with Crippen LogP contribution in [-0.2, 0) is 14.3 Å². The van der Waals surface area contributed by atoms with Gasteiger partial charge in [-0.1, -0.05) is 206 Å². The average Bonchev–Trinajstić information content (AvgIpc) is 3.18. The molecule has 1 aliphatic rings. The summed E-state index contributed by atoms with van der Waals surface area (Å²) in [5.41, 5.74) is 0. The second-order valence-electron chi connectivity index (χ2n) is 16.6. The highest BCUT2D eigenvalue weighted by Crippen LogP contribution is 2.23. The van der Waals surface area contributed by atoms with Gasteiger partial charge in [0.2, 0.25) is 5.91 Å². The molecule has 0 spiro atoms. The summed E-state index contributed by atoms with van der Waals surface area (Å²) in [6.07, 6.45) is 35.4. The van der Waals surface area contributed by atoms with Crippen molar-refractivity contribution < 1.29 is 39.8 Å². The third-order valence-electron chi connectivity index (χ3n) is 11.4. The monoisotopic (exact) mass is 784 g/mol. The molecule has 9 heteroatoms. The first-order chi connectivity index (χ1) is 26.8. The predicted octanol–water partition coefficient (Wildman–Crippen LogP) is 9.73. The van der Waals surface area contributed by atoms with Crippen molar-refractivity contribution in [2.75, 3.05) is 13.2 Å². The van der Waals surface area contributed by atoms with Gasteiger partial charge in [-0.2, -0.15) is 0 Å². The molecule has 1 rings (SSSR count). The van der Waals surface area contributed by atoms with Gasteiger partial charge in [0, 0.05) is 6.42 Å². The van der Waals surface area contributed by atoms with Gasteiger partial charge >= 0.3 is 0 Å². The van der Waals surface area contributed by atoms with Gasteiger partial charge in [-0.3, -0.25) is 4.79 Å². The summed E-state index contributed by atoms with van der Waals surface area (Å²) in [5, 5.41) is 54.2. The summed E-state index contributed by atoms with van der Waals surface area (Å²) in [4.78, 5) is 12.9. The molecule has 0 aliphatic carbocycles. The maximum absolute atomic E-state index is 12.9. The minimum Gasteiger partial charge on any atom is -0.394 e. The van der Waals surface area contributed by atoms with Gasteiger partial charge in [-0.25, -0.2) is 0 Å². The Morgan fingerprint density at radius 2 is 1.00 bits per heavy atom. The Hall–Kier alpha value is -1.07. The number of hydrogen-bond donors (Lipinski definition) is 6. The molecule has 7 atom stereocenters. The molecule has 9 nitrogen and oxygen atoms in total. The number of hydrogen-bond acceptors (Lipinski definition) is 8. The van der Waals surface area contributed by atoms with Crippen LogP contribution >= 0.6 is 0 Å². The first kappa shape index (κ1) is 51.9. The van der Waals surface area contributed by atoms with Crippen LogP contribution in [0, 0.1) is 0 Å². The smallest absolute Gasteiger partial charge is 0.220 e. The fourth-order valence-electron chi connectivity index (χ4n) is 7.57. The number of aliphatic hydroxyl groups excluding tert-OH is 5. The second kappa shape index (κ2) is 37.2. The molecule has 6 N–H and O–H groups in total. The van der Waals surface area contributed by atoms with E-state index in [1.807, 2.05) is 6.08 Å². The van der Waals surface area contributed by atoms with Crippen LogP contribution in [0.15, 0.2) is 12.2 Å². The zero-order valence-electron chi connectivity index (χ0n) is 35.7. The molecule has 0 radical (unpaired) electrons. The normalized spacial score (nSPS) is 21.3. The number of rotatable bonds is 39. The Balaban J connectivity index is 2.31. The van der Waals surface area contributed by atoms with Crippen molar-refractivity contribution in [2.24, 2.45) is 0 Å². The molecular weight excluding hydrogens is 695 g/mol. The van der Waals surface area contributed by atoms with Crippen molar-refractivity contribution in [1.82, 2.24) is 5.32 Å². The highest BCUT2D eigenvalue weighted by Gasteiger charge is 2.44. The number of aliphatic hydroxyl groups is 5. The largest absolute Gasteiger partial charge is 0.394 e. The Morgan fingerprint density at radius 1 is 0.600 bits per heavy atom. The molecule has 0 saturated carbocycles. The number of amides is 1. The van der Waals surface area contributed by atoms with Crippen molar-refractivity contribution >= 4 is 5.91 Å². The first-order valence-corrected chi connectivity index (χ1v) is 23.4. The van der Waals surface area contributed by atoms with Gasteiger partial charge in [0.1, 0.15) is 24.4 Å². The average molecular weight is 784 g/mol. The molecule has 0 aromatic carbocycles. The van der Waals surface area contributed by atoms with Gasteiger partial charge in [0.15, 0.2) is 6.29 Å². The minimum atomic E-state index is -1.56. The van der Waals surface area contributed by atoms with Gasteiger partial charge in [-0.05, 0) is 19.3 Å². The fraction of sp³-hybridized carbons (Fsp3) is 0.935. The summed E-state index contributed by atoms with van der Waals surface area (Å²) in [6.45, 7) is 3.78. The van der Waals surface area contributed by atoms with E-state index < -0.39 is 49.5 Å². The van der Waals surface area contributed by atoms with Crippen LogP contribution in [-0.4, -0.2) is 87.5 Å². The summed E-state index contributed by atoms with van der Waals surface area (Å²) in [7, 11) is 0. The van der Waals surface area contributed by atoms with Crippen LogP contribution in [0.2, 0.25) is 0 Å². The van der Waals surface area contributed by atoms with Crippen LogP contribution in [0.1, 0.15) is 219 Å². The van der Waals surface area contributed by atoms with E-state index in [2.05, 4.69) is 19.2 Å². The van der Waals surface area contributed by atoms with Gasteiger partial charge in [0.05, 0.1) is 25.4 Å². The number of nitrogens with one attached hydrogen (secondary N) is 1. The van der Waals surface area contributed by atoms with E-state index in [1.54, 1.807) is 6.08 Å². The summed E-state index contributed by atoms with van der Waals surface area (Å²) >= 11 is 0. The summed E-state index contributed by atoms with van der Waals surface area (Å²) in [5.74, 6) is -0.174. The van der Waals surface area contributed by atoms with Gasteiger partial charge in [-0.15, -0.1) is 0 Å². The van der Waals surface area contributed by atoms with Crippen molar-refractivity contribution in [3.63, 3.8) is 0 Å². The van der Waals surface area contributed by atoms with E-state index in [-0.39, 0.29) is 12.5 Å². The van der Waals surface area contributed by atoms with Crippen LogP contribution in [0.4, 0.5) is 0 Å². The van der Waals surface area contributed by atoms with E-state index in [9.17, 15) is 30.3 Å². The Morgan fingerprint density at radius 3 is 1.42 bits per heavy atom. The highest BCUT2D eigenvalue weighted by molar-refractivity contribution is 5.76. The molecule has 1 heterocycles. The summed E-state index contributed by atoms with van der Waals surface area (Å²) in [6, 6.07) is -0.797. The molecular formula is C46H89NO8. The van der Waals surface area contributed by atoms with E-state index in [0.29, 0.717) is 6.42 Å². The third kappa shape index (κ3) is 28.1. The van der Waals surface area contributed by atoms with E-state index >= 15 is 0 Å². The van der Waals surface area contributed by atoms with Crippen LogP contribution in [0.3, 0.4) is 0 Å². The SMILES string of the molecule is CCCCCCCCCCCCC/C=C/[C@@H](O)[C@H](COC1O[C@H](CO)[C@H](O)[C@H](O)[C@H]1O)NC(=O)CCCCCCCCCCCCCCCCCCCCC. The van der Waals surface area contributed by atoms with Crippen LogP contribution in [0.25, 0.3) is 0 Å². The topological polar surface area (TPSA) is 149 Å². The Bertz CT molecular complexity index is 873. The lowest BCUT2D eigenvalue weighted by atomic mass is 9.99. The molecule has 1 amide bonds. The molecule has 326 valence electrons. The first-order valence-electron chi connectivity index (χ1n) is 23.4. The third-order valence-corrected chi connectivity index (χ3v) is 11.4. The molecule has 0 aromatic heterocycles. The predicted molar refractivity (Wildman–Crippen MR) is 226 cm³/mol. The maximum Gasteiger partial charge on any atom is 0.220 e. The van der Waals surface area contributed by atoms with Crippen molar-refractivity contribution in [3.05, 3.63) is 12.2 Å². The Kier molecular flexibility index (Phi) is 35.2. The minimum absolute atomic E-state index is 0.174. The molecule has 0 bridgehead atoms. The number of unbranched alkanes of at least 4 members (excludes halogenated alkanes) is 29. The number of carbonyl (C=O) groups is 1. The van der Waals surface area contributed by atoms with E-state index in [0.717, 1.165) is 38.5 Å².